The number of H-pyrrole nitrogens is 1. The molecule has 5 aromatic rings. The van der Waals surface area contributed by atoms with E-state index >= 15 is 0 Å². The normalized spacial score (nSPS) is 14.1. The van der Waals surface area contributed by atoms with E-state index in [-0.39, 0.29) is 0 Å². The fraction of sp³-hybridized carbons (Fsp3) is 0.125. The number of nitrogens with zero attached hydrogens (tertiary/aromatic N) is 1. The van der Waals surface area contributed by atoms with Gasteiger partial charge in [0.25, 0.3) is 0 Å². The monoisotopic (exact) mass is 349 g/mol. The Hall–Kier alpha value is -3.17. The summed E-state index contributed by atoms with van der Waals surface area (Å²) in [5, 5.41) is 8.71. The van der Waals surface area contributed by atoms with Crippen LogP contribution in [0.2, 0.25) is 0 Å². The molecule has 0 spiro atoms. The molecule has 0 aliphatic carbocycles. The predicted molar refractivity (Wildman–Crippen MR) is 112 cm³/mol. The van der Waals surface area contributed by atoms with Crippen molar-refractivity contribution >= 4 is 32.6 Å². The van der Waals surface area contributed by atoms with Crippen molar-refractivity contribution in [3.63, 3.8) is 0 Å². The Morgan fingerprint density at radius 3 is 2.63 bits per heavy atom. The van der Waals surface area contributed by atoms with Crippen molar-refractivity contribution in [3.05, 3.63) is 78.0 Å². The Morgan fingerprint density at radius 2 is 1.67 bits per heavy atom. The van der Waals surface area contributed by atoms with Gasteiger partial charge in [0.1, 0.15) is 0 Å². The fourth-order valence-corrected chi connectivity index (χ4v) is 4.54. The third kappa shape index (κ3) is 2.15. The fourth-order valence-electron chi connectivity index (χ4n) is 4.54. The molecule has 1 aliphatic rings. The first-order chi connectivity index (χ1) is 13.4. The highest BCUT2D eigenvalue weighted by atomic mass is 14.9. The average molecular weight is 349 g/mol. The molecular weight excluding hydrogens is 330 g/mol. The Morgan fingerprint density at radius 1 is 0.815 bits per heavy atom. The molecule has 0 amide bonds. The molecule has 0 bridgehead atoms. The van der Waals surface area contributed by atoms with Crippen LogP contribution in [0, 0.1) is 0 Å². The molecule has 3 heterocycles. The second-order valence-corrected chi connectivity index (χ2v) is 7.27. The quantitative estimate of drug-likeness (QED) is 0.409. The summed E-state index contributed by atoms with van der Waals surface area (Å²) in [7, 11) is 0. The third-order valence-electron chi connectivity index (χ3n) is 5.79. The summed E-state index contributed by atoms with van der Waals surface area (Å²) in [4.78, 5) is 8.58. The first-order valence-electron chi connectivity index (χ1n) is 9.50. The predicted octanol–water partition coefficient (Wildman–Crippen LogP) is 5.18. The molecule has 3 nitrogen and oxygen atoms in total. The van der Waals surface area contributed by atoms with Crippen molar-refractivity contribution in [3.8, 4) is 11.3 Å². The topological polar surface area (TPSA) is 40.7 Å². The molecule has 27 heavy (non-hydrogen) atoms. The van der Waals surface area contributed by atoms with E-state index in [1.54, 1.807) is 0 Å². The standard InChI is InChI=1S/C24H19N3/c1-2-6-16-15(5-1)9-10-22-23(16)18-11-12-25-13-19(18)24(27-22)20-14-26-21-8-4-3-7-17(20)21/h1-10,14,25-26H,11-13H2. The smallest absolute Gasteiger partial charge is 0.0778 e. The van der Waals surface area contributed by atoms with Crippen molar-refractivity contribution in [1.29, 1.82) is 0 Å². The highest BCUT2D eigenvalue weighted by Crippen LogP contribution is 2.37. The van der Waals surface area contributed by atoms with Crippen LogP contribution in [0.15, 0.2) is 66.9 Å². The SMILES string of the molecule is c1ccc2c(c1)ccc1nc(-c3c[nH]c4ccccc34)c3c(c12)CCNC3. The van der Waals surface area contributed by atoms with Gasteiger partial charge in [-0.05, 0) is 47.0 Å². The second-order valence-electron chi connectivity index (χ2n) is 7.27. The van der Waals surface area contributed by atoms with Crippen LogP contribution < -0.4 is 5.32 Å². The van der Waals surface area contributed by atoms with Gasteiger partial charge in [-0.3, -0.25) is 0 Å². The number of aromatic nitrogens is 2. The Labute approximate surface area is 157 Å². The number of fused-ring (bicyclic) bond motifs is 6. The molecule has 0 fully saturated rings. The van der Waals surface area contributed by atoms with Crippen LogP contribution in [0.3, 0.4) is 0 Å². The molecule has 6 rings (SSSR count). The van der Waals surface area contributed by atoms with E-state index in [2.05, 4.69) is 77.2 Å². The molecule has 2 N–H and O–H groups in total. The number of para-hydroxylation sites is 1. The van der Waals surface area contributed by atoms with Crippen LogP contribution in [-0.4, -0.2) is 16.5 Å². The van der Waals surface area contributed by atoms with Crippen LogP contribution in [0.4, 0.5) is 0 Å². The van der Waals surface area contributed by atoms with Crippen LogP contribution in [0.1, 0.15) is 11.1 Å². The number of benzene rings is 3. The summed E-state index contributed by atoms with van der Waals surface area (Å²) in [5.74, 6) is 0. The van der Waals surface area contributed by atoms with Gasteiger partial charge >= 0.3 is 0 Å². The molecule has 0 radical (unpaired) electrons. The minimum Gasteiger partial charge on any atom is -0.360 e. The van der Waals surface area contributed by atoms with E-state index in [1.807, 2.05) is 0 Å². The lowest BCUT2D eigenvalue weighted by Crippen LogP contribution is -2.25. The Kier molecular flexibility index (Phi) is 3.13. The lowest BCUT2D eigenvalue weighted by molar-refractivity contribution is 0.647. The minimum atomic E-state index is 0.871. The maximum Gasteiger partial charge on any atom is 0.0778 e. The number of aromatic amines is 1. The molecular formula is C24H19N3. The maximum atomic E-state index is 5.17. The van der Waals surface area contributed by atoms with Gasteiger partial charge in [0.05, 0.1) is 11.2 Å². The van der Waals surface area contributed by atoms with Gasteiger partial charge in [-0.15, -0.1) is 0 Å². The minimum absolute atomic E-state index is 0.871. The van der Waals surface area contributed by atoms with Crippen LogP contribution in [0.25, 0.3) is 43.8 Å². The zero-order valence-electron chi connectivity index (χ0n) is 14.9. The largest absolute Gasteiger partial charge is 0.360 e. The Balaban J connectivity index is 1.75. The number of hydrogen-bond acceptors (Lipinski definition) is 2. The van der Waals surface area contributed by atoms with E-state index in [4.69, 9.17) is 4.98 Å². The lowest BCUT2D eigenvalue weighted by atomic mass is 9.90. The van der Waals surface area contributed by atoms with E-state index < -0.39 is 0 Å². The van der Waals surface area contributed by atoms with Gasteiger partial charge in [0, 0.05) is 34.6 Å². The third-order valence-corrected chi connectivity index (χ3v) is 5.79. The van der Waals surface area contributed by atoms with Crippen molar-refractivity contribution in [2.45, 2.75) is 13.0 Å². The second kappa shape index (κ2) is 5.66. The van der Waals surface area contributed by atoms with Crippen LogP contribution in [0.5, 0.6) is 0 Å². The zero-order valence-corrected chi connectivity index (χ0v) is 14.9. The van der Waals surface area contributed by atoms with Crippen molar-refractivity contribution in [2.75, 3.05) is 6.54 Å². The number of nitrogens with one attached hydrogen (secondary N) is 2. The molecule has 130 valence electrons. The van der Waals surface area contributed by atoms with Gasteiger partial charge in [-0.1, -0.05) is 48.5 Å². The van der Waals surface area contributed by atoms with E-state index in [1.165, 1.54) is 38.2 Å². The zero-order chi connectivity index (χ0) is 17.8. The Bertz CT molecular complexity index is 1330. The molecule has 0 saturated carbocycles. The molecule has 0 atom stereocenters. The highest BCUT2D eigenvalue weighted by molar-refractivity contribution is 6.09. The van der Waals surface area contributed by atoms with E-state index in [9.17, 15) is 0 Å². The van der Waals surface area contributed by atoms with E-state index in [0.29, 0.717) is 0 Å². The summed E-state index contributed by atoms with van der Waals surface area (Å²) >= 11 is 0. The highest BCUT2D eigenvalue weighted by Gasteiger charge is 2.21. The average Bonchev–Trinajstić information content (AvgIpc) is 3.17. The van der Waals surface area contributed by atoms with Gasteiger partial charge < -0.3 is 10.3 Å². The molecule has 0 saturated heterocycles. The molecule has 1 aliphatic heterocycles. The molecule has 3 aromatic carbocycles. The summed E-state index contributed by atoms with van der Waals surface area (Å²) < 4.78 is 0. The lowest BCUT2D eigenvalue weighted by Gasteiger charge is -2.23. The summed E-state index contributed by atoms with van der Waals surface area (Å²) in [5.41, 5.74) is 7.35. The molecule has 0 unspecified atom stereocenters. The first kappa shape index (κ1) is 14.9. The van der Waals surface area contributed by atoms with Crippen molar-refractivity contribution < 1.29 is 0 Å². The summed E-state index contributed by atoms with van der Waals surface area (Å²) in [6, 6.07) is 21.5. The number of rotatable bonds is 1. The van der Waals surface area contributed by atoms with Gasteiger partial charge in [-0.25, -0.2) is 4.98 Å². The first-order valence-corrected chi connectivity index (χ1v) is 9.50. The number of hydrogen-bond donors (Lipinski definition) is 2. The van der Waals surface area contributed by atoms with Crippen LogP contribution in [-0.2, 0) is 13.0 Å². The maximum absolute atomic E-state index is 5.17. The van der Waals surface area contributed by atoms with Gasteiger partial charge in [0.15, 0.2) is 0 Å². The summed E-state index contributed by atoms with van der Waals surface area (Å²) in [6.07, 6.45) is 3.15. The summed E-state index contributed by atoms with van der Waals surface area (Å²) in [6.45, 7) is 1.89. The number of pyridine rings is 1. The van der Waals surface area contributed by atoms with Gasteiger partial charge in [0.2, 0.25) is 0 Å². The molecule has 3 heteroatoms. The van der Waals surface area contributed by atoms with E-state index in [0.717, 1.165) is 36.2 Å². The van der Waals surface area contributed by atoms with Crippen LogP contribution >= 0.6 is 0 Å². The van der Waals surface area contributed by atoms with Crippen molar-refractivity contribution in [1.82, 2.24) is 15.3 Å². The van der Waals surface area contributed by atoms with Crippen molar-refractivity contribution in [2.24, 2.45) is 0 Å². The van der Waals surface area contributed by atoms with Gasteiger partial charge in [-0.2, -0.15) is 0 Å². The molecule has 2 aromatic heterocycles.